The fraction of sp³-hybridized carbons (Fsp3) is 0.929. The van der Waals surface area contributed by atoms with Crippen molar-refractivity contribution in [3.63, 3.8) is 0 Å². The van der Waals surface area contributed by atoms with Crippen LogP contribution in [0.3, 0.4) is 0 Å². The van der Waals surface area contributed by atoms with Crippen molar-refractivity contribution in [3.05, 3.63) is 0 Å². The van der Waals surface area contributed by atoms with Crippen LogP contribution in [0.2, 0.25) is 0 Å². The van der Waals surface area contributed by atoms with Crippen molar-refractivity contribution in [1.29, 1.82) is 0 Å². The summed E-state index contributed by atoms with van der Waals surface area (Å²) in [5, 5.41) is 0. The molecule has 4 nitrogen and oxygen atoms in total. The number of nitrogens with zero attached hydrogens (tertiary/aromatic N) is 1. The van der Waals surface area contributed by atoms with E-state index in [4.69, 9.17) is 10.5 Å². The fourth-order valence-electron chi connectivity index (χ4n) is 3.90. The van der Waals surface area contributed by atoms with Gasteiger partial charge in [-0.2, -0.15) is 0 Å². The zero-order chi connectivity index (χ0) is 12.5. The lowest BCUT2D eigenvalue weighted by atomic mass is 9.91. The summed E-state index contributed by atoms with van der Waals surface area (Å²) in [5.41, 5.74) is 6.18. The molecule has 0 radical (unpaired) electrons. The fourth-order valence-corrected chi connectivity index (χ4v) is 3.90. The van der Waals surface area contributed by atoms with Gasteiger partial charge < -0.3 is 15.4 Å². The summed E-state index contributed by atoms with van der Waals surface area (Å²) in [6.07, 6.45) is 5.84. The molecule has 0 spiro atoms. The first-order valence-electron chi connectivity index (χ1n) is 7.38. The molecule has 2 N–H and O–H groups in total. The highest BCUT2D eigenvalue weighted by Gasteiger charge is 2.40. The molecule has 3 atom stereocenters. The van der Waals surface area contributed by atoms with Crippen LogP contribution in [0.15, 0.2) is 0 Å². The van der Waals surface area contributed by atoms with E-state index in [0.717, 1.165) is 51.0 Å². The van der Waals surface area contributed by atoms with Gasteiger partial charge in [-0.05, 0) is 43.4 Å². The summed E-state index contributed by atoms with van der Waals surface area (Å²) in [6, 6.07) is -0.298. The van der Waals surface area contributed by atoms with Gasteiger partial charge in [0.15, 0.2) is 0 Å². The highest BCUT2D eigenvalue weighted by atomic mass is 35.5. The number of carbonyl (C=O) groups is 1. The number of halogens is 1. The first kappa shape index (κ1) is 15.1. The van der Waals surface area contributed by atoms with Crippen molar-refractivity contribution in [1.82, 2.24) is 4.90 Å². The number of carbonyl (C=O) groups excluding carboxylic acids is 1. The minimum atomic E-state index is -0.298. The highest BCUT2D eigenvalue weighted by molar-refractivity contribution is 5.85. The molecule has 3 rings (SSSR count). The summed E-state index contributed by atoms with van der Waals surface area (Å²) in [5.74, 6) is 2.04. The van der Waals surface area contributed by atoms with Crippen LogP contribution < -0.4 is 5.73 Å². The van der Waals surface area contributed by atoms with Gasteiger partial charge in [0.25, 0.3) is 0 Å². The van der Waals surface area contributed by atoms with Gasteiger partial charge in [0.05, 0.1) is 6.04 Å². The lowest BCUT2D eigenvalue weighted by molar-refractivity contribution is -0.134. The number of hydrogen-bond donors (Lipinski definition) is 1. The molecule has 0 aromatic carbocycles. The molecule has 3 aliphatic rings. The van der Waals surface area contributed by atoms with E-state index < -0.39 is 0 Å². The van der Waals surface area contributed by atoms with E-state index in [2.05, 4.69) is 0 Å². The Morgan fingerprint density at radius 3 is 2.26 bits per heavy atom. The van der Waals surface area contributed by atoms with Crippen LogP contribution in [-0.2, 0) is 9.53 Å². The van der Waals surface area contributed by atoms with Gasteiger partial charge in [-0.3, -0.25) is 4.79 Å². The average molecular weight is 289 g/mol. The number of nitrogens with two attached hydrogens (primary N) is 1. The second-order valence-corrected chi connectivity index (χ2v) is 6.17. The van der Waals surface area contributed by atoms with Crippen LogP contribution in [0.25, 0.3) is 0 Å². The second kappa shape index (κ2) is 6.42. The third-order valence-electron chi connectivity index (χ3n) is 5.10. The molecule has 1 saturated carbocycles. The van der Waals surface area contributed by atoms with E-state index in [0.29, 0.717) is 5.92 Å². The van der Waals surface area contributed by atoms with E-state index >= 15 is 0 Å². The highest BCUT2D eigenvalue weighted by Crippen LogP contribution is 2.38. The molecule has 2 saturated heterocycles. The summed E-state index contributed by atoms with van der Waals surface area (Å²) >= 11 is 0. The molecule has 1 amide bonds. The van der Waals surface area contributed by atoms with Crippen molar-refractivity contribution in [3.8, 4) is 0 Å². The minimum Gasteiger partial charge on any atom is -0.381 e. The summed E-state index contributed by atoms with van der Waals surface area (Å²) in [4.78, 5) is 14.5. The van der Waals surface area contributed by atoms with Crippen molar-refractivity contribution in [2.75, 3.05) is 26.3 Å². The summed E-state index contributed by atoms with van der Waals surface area (Å²) < 4.78 is 5.34. The van der Waals surface area contributed by atoms with Gasteiger partial charge in [-0.1, -0.05) is 6.42 Å². The second-order valence-electron chi connectivity index (χ2n) is 6.17. The molecule has 5 heteroatoms. The molecule has 3 unspecified atom stereocenters. The van der Waals surface area contributed by atoms with Gasteiger partial charge in [0.1, 0.15) is 0 Å². The van der Waals surface area contributed by atoms with Gasteiger partial charge in [-0.15, -0.1) is 12.4 Å². The van der Waals surface area contributed by atoms with Crippen molar-refractivity contribution in [2.24, 2.45) is 23.5 Å². The molecule has 110 valence electrons. The third-order valence-corrected chi connectivity index (χ3v) is 5.10. The van der Waals surface area contributed by atoms with E-state index in [-0.39, 0.29) is 24.4 Å². The maximum Gasteiger partial charge on any atom is 0.239 e. The number of likely N-dealkylation sites (tertiary alicyclic amines) is 1. The van der Waals surface area contributed by atoms with E-state index in [1.807, 2.05) is 4.90 Å². The molecule has 2 aliphatic heterocycles. The van der Waals surface area contributed by atoms with Gasteiger partial charge in [-0.25, -0.2) is 0 Å². The van der Waals surface area contributed by atoms with Crippen LogP contribution in [0.1, 0.15) is 32.1 Å². The van der Waals surface area contributed by atoms with Crippen LogP contribution in [-0.4, -0.2) is 43.2 Å². The first-order chi connectivity index (χ1) is 8.75. The summed E-state index contributed by atoms with van der Waals surface area (Å²) in [6.45, 7) is 3.44. The molecule has 2 heterocycles. The standard InChI is InChI=1S/C14H24N2O2.ClH/c15-13(10-4-6-18-7-5-10)14(17)16-8-11-2-1-3-12(11)9-16;/h10-13H,1-9,15H2;1H. The smallest absolute Gasteiger partial charge is 0.239 e. The Bertz CT molecular complexity index is 305. The van der Waals surface area contributed by atoms with Crippen LogP contribution in [0.4, 0.5) is 0 Å². The quantitative estimate of drug-likeness (QED) is 0.836. The minimum absolute atomic E-state index is 0. The first-order valence-corrected chi connectivity index (χ1v) is 7.38. The average Bonchev–Trinajstić information content (AvgIpc) is 2.99. The molecule has 3 fully saturated rings. The van der Waals surface area contributed by atoms with Gasteiger partial charge in [0, 0.05) is 26.3 Å². The Morgan fingerprint density at radius 2 is 1.68 bits per heavy atom. The lowest BCUT2D eigenvalue weighted by Gasteiger charge is -2.30. The SMILES string of the molecule is Cl.NC(C(=O)N1CC2CCCC2C1)C1CCOCC1. The largest absolute Gasteiger partial charge is 0.381 e. The van der Waals surface area contributed by atoms with Gasteiger partial charge >= 0.3 is 0 Å². The van der Waals surface area contributed by atoms with Gasteiger partial charge in [0.2, 0.25) is 5.91 Å². The molecule has 0 aromatic heterocycles. The Balaban J connectivity index is 0.00000133. The monoisotopic (exact) mass is 288 g/mol. The Labute approximate surface area is 121 Å². The predicted octanol–water partition coefficient (Wildman–Crippen LogP) is 1.42. The third kappa shape index (κ3) is 3.06. The Kier molecular flexibility index (Phi) is 5.09. The normalized spacial score (nSPS) is 32.8. The zero-order valence-electron chi connectivity index (χ0n) is 11.4. The van der Waals surface area contributed by atoms with Crippen molar-refractivity contribution >= 4 is 18.3 Å². The van der Waals surface area contributed by atoms with Crippen molar-refractivity contribution in [2.45, 2.75) is 38.1 Å². The molecule has 19 heavy (non-hydrogen) atoms. The molecule has 0 aromatic rings. The number of amides is 1. The van der Waals surface area contributed by atoms with Crippen LogP contribution in [0, 0.1) is 17.8 Å². The molecule has 1 aliphatic carbocycles. The predicted molar refractivity (Wildman–Crippen MR) is 76.2 cm³/mol. The lowest BCUT2D eigenvalue weighted by Crippen LogP contribution is -2.48. The number of hydrogen-bond acceptors (Lipinski definition) is 3. The maximum absolute atomic E-state index is 12.4. The van der Waals surface area contributed by atoms with Crippen LogP contribution >= 0.6 is 12.4 Å². The van der Waals surface area contributed by atoms with E-state index in [1.54, 1.807) is 0 Å². The molecule has 0 bridgehead atoms. The van der Waals surface area contributed by atoms with E-state index in [9.17, 15) is 4.79 Å². The number of fused-ring (bicyclic) bond motifs is 1. The molecular weight excluding hydrogens is 264 g/mol. The topological polar surface area (TPSA) is 55.6 Å². The maximum atomic E-state index is 12.4. The van der Waals surface area contributed by atoms with E-state index in [1.165, 1.54) is 19.3 Å². The Morgan fingerprint density at radius 1 is 1.11 bits per heavy atom. The van der Waals surface area contributed by atoms with Crippen molar-refractivity contribution < 1.29 is 9.53 Å². The summed E-state index contributed by atoms with van der Waals surface area (Å²) in [7, 11) is 0. The zero-order valence-corrected chi connectivity index (χ0v) is 12.2. The van der Waals surface area contributed by atoms with Crippen LogP contribution in [0.5, 0.6) is 0 Å². The number of ether oxygens (including phenoxy) is 1. The molecular formula is C14H25ClN2O2. The number of rotatable bonds is 2. The Hall–Kier alpha value is -0.320.